The van der Waals surface area contributed by atoms with Crippen molar-refractivity contribution in [1.82, 2.24) is 4.98 Å². The van der Waals surface area contributed by atoms with Gasteiger partial charge in [-0.3, -0.25) is 9.78 Å². The first-order valence-corrected chi connectivity index (χ1v) is 6.06. The van der Waals surface area contributed by atoms with Gasteiger partial charge in [0, 0.05) is 11.4 Å². The molecule has 0 aliphatic heterocycles. The number of hydrogen-bond donors (Lipinski definition) is 2. The van der Waals surface area contributed by atoms with Crippen LogP contribution in [0.5, 0.6) is 0 Å². The van der Waals surface area contributed by atoms with Gasteiger partial charge in [-0.15, -0.1) is 0 Å². The second-order valence-corrected chi connectivity index (χ2v) is 4.43. The summed E-state index contributed by atoms with van der Waals surface area (Å²) in [5, 5.41) is 11.6. The highest BCUT2D eigenvalue weighted by Crippen LogP contribution is 2.14. The highest BCUT2D eigenvalue weighted by atomic mass is 16.4. The van der Waals surface area contributed by atoms with E-state index in [1.165, 1.54) is 12.1 Å². The van der Waals surface area contributed by atoms with Crippen LogP contribution < -0.4 is 5.32 Å². The maximum atomic E-state index is 12.1. The summed E-state index contributed by atoms with van der Waals surface area (Å²) in [5.74, 6) is -1.34. The highest BCUT2D eigenvalue weighted by Gasteiger charge is 2.11. The molecule has 0 fully saturated rings. The number of pyridine rings is 1. The van der Waals surface area contributed by atoms with Crippen molar-refractivity contribution in [3.05, 3.63) is 58.9 Å². The number of rotatable bonds is 3. The topological polar surface area (TPSA) is 79.3 Å². The van der Waals surface area contributed by atoms with Crippen LogP contribution in [0.4, 0.5) is 5.69 Å². The lowest BCUT2D eigenvalue weighted by atomic mass is 10.1. The zero-order valence-electron chi connectivity index (χ0n) is 11.2. The third-order valence-electron chi connectivity index (χ3n) is 2.84. The van der Waals surface area contributed by atoms with Crippen molar-refractivity contribution in [2.24, 2.45) is 0 Å². The Morgan fingerprint density at radius 3 is 2.55 bits per heavy atom. The number of aromatic carboxylic acids is 1. The van der Waals surface area contributed by atoms with Crippen molar-refractivity contribution in [1.29, 1.82) is 0 Å². The second kappa shape index (κ2) is 5.52. The smallest absolute Gasteiger partial charge is 0.335 e. The van der Waals surface area contributed by atoms with Crippen LogP contribution in [0.25, 0.3) is 0 Å². The molecule has 1 aromatic heterocycles. The van der Waals surface area contributed by atoms with Crippen molar-refractivity contribution < 1.29 is 14.7 Å². The standard InChI is InChI=1S/C15H14N2O3/c1-9-6-7-13(10(2)16-9)14(18)17-12-5-3-4-11(8-12)15(19)20/h3-8H,1-2H3,(H,17,18)(H,19,20). The second-order valence-electron chi connectivity index (χ2n) is 4.43. The number of carbonyl (C=O) groups excluding carboxylic acids is 1. The maximum absolute atomic E-state index is 12.1. The van der Waals surface area contributed by atoms with Gasteiger partial charge in [0.25, 0.3) is 5.91 Å². The molecule has 20 heavy (non-hydrogen) atoms. The number of amides is 1. The molecule has 0 aliphatic rings. The van der Waals surface area contributed by atoms with Crippen LogP contribution >= 0.6 is 0 Å². The SMILES string of the molecule is Cc1ccc(C(=O)Nc2cccc(C(=O)O)c2)c(C)n1. The summed E-state index contributed by atoms with van der Waals surface area (Å²) in [7, 11) is 0. The van der Waals surface area contributed by atoms with Gasteiger partial charge in [0.15, 0.2) is 0 Å². The van der Waals surface area contributed by atoms with Crippen molar-refractivity contribution in [3.8, 4) is 0 Å². The quantitative estimate of drug-likeness (QED) is 0.898. The fraction of sp³-hybridized carbons (Fsp3) is 0.133. The zero-order chi connectivity index (χ0) is 14.7. The number of carboxylic acids is 1. The molecule has 5 heteroatoms. The normalized spacial score (nSPS) is 10.1. The summed E-state index contributed by atoms with van der Waals surface area (Å²) in [5.41, 5.74) is 2.51. The molecule has 0 spiro atoms. The predicted octanol–water partition coefficient (Wildman–Crippen LogP) is 2.65. The Bertz CT molecular complexity index is 681. The van der Waals surface area contributed by atoms with E-state index in [2.05, 4.69) is 10.3 Å². The van der Waals surface area contributed by atoms with Gasteiger partial charge in [0.05, 0.1) is 16.8 Å². The van der Waals surface area contributed by atoms with Gasteiger partial charge in [0.2, 0.25) is 0 Å². The number of aryl methyl sites for hydroxylation is 2. The Morgan fingerprint density at radius 2 is 1.90 bits per heavy atom. The number of nitrogens with zero attached hydrogens (tertiary/aromatic N) is 1. The Hall–Kier alpha value is -2.69. The van der Waals surface area contributed by atoms with E-state index < -0.39 is 5.97 Å². The molecule has 0 bridgehead atoms. The van der Waals surface area contributed by atoms with Gasteiger partial charge in [-0.25, -0.2) is 4.79 Å². The van der Waals surface area contributed by atoms with E-state index in [1.54, 1.807) is 31.2 Å². The van der Waals surface area contributed by atoms with Crippen LogP contribution in [0.2, 0.25) is 0 Å². The van der Waals surface area contributed by atoms with Gasteiger partial charge in [0.1, 0.15) is 0 Å². The largest absolute Gasteiger partial charge is 0.478 e. The average molecular weight is 270 g/mol. The third kappa shape index (κ3) is 3.00. The summed E-state index contributed by atoms with van der Waals surface area (Å²) in [6.07, 6.45) is 0. The highest BCUT2D eigenvalue weighted by molar-refractivity contribution is 6.05. The molecule has 1 aromatic carbocycles. The van der Waals surface area contributed by atoms with E-state index in [4.69, 9.17) is 5.11 Å². The van der Waals surface area contributed by atoms with Crippen molar-refractivity contribution in [2.75, 3.05) is 5.32 Å². The summed E-state index contributed by atoms with van der Waals surface area (Å²) >= 11 is 0. The number of hydrogen-bond acceptors (Lipinski definition) is 3. The molecule has 1 amide bonds. The minimum absolute atomic E-state index is 0.126. The summed E-state index contributed by atoms with van der Waals surface area (Å²) < 4.78 is 0. The minimum atomic E-state index is -1.03. The maximum Gasteiger partial charge on any atom is 0.335 e. The molecule has 0 aliphatic carbocycles. The van der Waals surface area contributed by atoms with Crippen molar-refractivity contribution >= 4 is 17.6 Å². The number of nitrogens with one attached hydrogen (secondary N) is 1. The van der Waals surface area contributed by atoms with Crippen LogP contribution in [0, 0.1) is 13.8 Å². The van der Waals surface area contributed by atoms with Crippen LogP contribution in [0.15, 0.2) is 36.4 Å². The number of aromatic nitrogens is 1. The number of benzene rings is 1. The van der Waals surface area contributed by atoms with Gasteiger partial charge in [-0.1, -0.05) is 6.07 Å². The monoisotopic (exact) mass is 270 g/mol. The molecule has 1 heterocycles. The zero-order valence-corrected chi connectivity index (χ0v) is 11.2. The number of anilines is 1. The van der Waals surface area contributed by atoms with Crippen LogP contribution in [0.1, 0.15) is 32.1 Å². The van der Waals surface area contributed by atoms with Crippen LogP contribution in [-0.4, -0.2) is 22.0 Å². The molecule has 0 atom stereocenters. The van der Waals surface area contributed by atoms with E-state index in [-0.39, 0.29) is 11.5 Å². The average Bonchev–Trinajstić information content (AvgIpc) is 2.38. The summed E-state index contributed by atoms with van der Waals surface area (Å²) in [6, 6.07) is 9.57. The number of carbonyl (C=O) groups is 2. The number of carboxylic acid groups (broad SMARTS) is 1. The lowest BCUT2D eigenvalue weighted by Gasteiger charge is -2.08. The van der Waals surface area contributed by atoms with Crippen LogP contribution in [-0.2, 0) is 0 Å². The molecule has 5 nitrogen and oxygen atoms in total. The lowest BCUT2D eigenvalue weighted by Crippen LogP contribution is -2.14. The lowest BCUT2D eigenvalue weighted by molar-refractivity contribution is 0.0696. The first-order chi connectivity index (χ1) is 9.47. The summed E-state index contributed by atoms with van der Waals surface area (Å²) in [6.45, 7) is 3.61. The van der Waals surface area contributed by atoms with E-state index in [9.17, 15) is 9.59 Å². The van der Waals surface area contributed by atoms with E-state index in [1.807, 2.05) is 6.92 Å². The molecule has 102 valence electrons. The molecular weight excluding hydrogens is 256 g/mol. The Morgan fingerprint density at radius 1 is 1.15 bits per heavy atom. The molecule has 0 saturated heterocycles. The van der Waals surface area contributed by atoms with Crippen molar-refractivity contribution in [3.63, 3.8) is 0 Å². The molecule has 2 aromatic rings. The van der Waals surface area contributed by atoms with E-state index in [0.29, 0.717) is 16.9 Å². The minimum Gasteiger partial charge on any atom is -0.478 e. The van der Waals surface area contributed by atoms with Gasteiger partial charge >= 0.3 is 5.97 Å². The summed E-state index contributed by atoms with van der Waals surface area (Å²) in [4.78, 5) is 27.2. The van der Waals surface area contributed by atoms with Gasteiger partial charge in [-0.2, -0.15) is 0 Å². The van der Waals surface area contributed by atoms with Crippen LogP contribution in [0.3, 0.4) is 0 Å². The molecule has 2 rings (SSSR count). The fourth-order valence-corrected chi connectivity index (χ4v) is 1.85. The van der Waals surface area contributed by atoms with Gasteiger partial charge in [-0.05, 0) is 44.2 Å². The molecule has 0 saturated carbocycles. The first-order valence-electron chi connectivity index (χ1n) is 6.06. The third-order valence-corrected chi connectivity index (χ3v) is 2.84. The Kier molecular flexibility index (Phi) is 3.79. The van der Waals surface area contributed by atoms with Gasteiger partial charge < -0.3 is 10.4 Å². The predicted molar refractivity (Wildman–Crippen MR) is 75.1 cm³/mol. The molecular formula is C15H14N2O3. The van der Waals surface area contributed by atoms with E-state index >= 15 is 0 Å². The van der Waals surface area contributed by atoms with E-state index in [0.717, 1.165) is 5.69 Å². The molecule has 2 N–H and O–H groups in total. The Balaban J connectivity index is 2.23. The molecule has 0 radical (unpaired) electrons. The first kappa shape index (κ1) is 13.7. The Labute approximate surface area is 116 Å². The molecule has 0 unspecified atom stereocenters. The fourth-order valence-electron chi connectivity index (χ4n) is 1.85. The van der Waals surface area contributed by atoms with Crippen molar-refractivity contribution in [2.45, 2.75) is 13.8 Å².